The van der Waals surface area contributed by atoms with Gasteiger partial charge in [0.2, 0.25) is 5.78 Å². The summed E-state index contributed by atoms with van der Waals surface area (Å²) in [6.45, 7) is 0.291. The van der Waals surface area contributed by atoms with E-state index in [0.717, 1.165) is 11.1 Å². The largest absolute Gasteiger partial charge is 0.489 e. The number of esters is 1. The zero-order valence-electron chi connectivity index (χ0n) is 16.4. The Bertz CT molecular complexity index is 1200. The molecule has 3 aromatic rings. The molecule has 1 heterocycles. The number of carbonyl (C=O) groups is 2. The predicted octanol–water partition coefficient (Wildman–Crippen LogP) is 5.98. The normalized spacial score (nSPS) is 13.6. The highest BCUT2D eigenvalue weighted by Crippen LogP contribution is 2.35. The van der Waals surface area contributed by atoms with Gasteiger partial charge in [-0.15, -0.1) is 0 Å². The maximum absolute atomic E-state index is 12.6. The summed E-state index contributed by atoms with van der Waals surface area (Å²) < 4.78 is 16.2. The van der Waals surface area contributed by atoms with Crippen LogP contribution >= 0.6 is 23.2 Å². The molecule has 0 radical (unpaired) electrons. The number of carbonyl (C=O) groups excluding carboxylic acids is 2. The number of benzene rings is 3. The van der Waals surface area contributed by atoms with Crippen molar-refractivity contribution in [1.82, 2.24) is 0 Å². The van der Waals surface area contributed by atoms with Gasteiger partial charge in [0.1, 0.15) is 18.1 Å². The van der Waals surface area contributed by atoms with Crippen molar-refractivity contribution in [1.29, 1.82) is 0 Å². The monoisotopic (exact) mass is 454 g/mol. The Morgan fingerprint density at radius 1 is 1.00 bits per heavy atom. The molecule has 1 aliphatic rings. The minimum absolute atomic E-state index is 0.197. The molecule has 0 saturated carbocycles. The SMILES string of the molecule is COC(=O)c1ccc(/C=C2\Oc3cc(OCc4ccc(Cl)c(Cl)c4)ccc3C2=O)cc1. The molecule has 0 atom stereocenters. The molecule has 0 aromatic heterocycles. The number of hydrogen-bond donors (Lipinski definition) is 0. The fourth-order valence-electron chi connectivity index (χ4n) is 3.04. The lowest BCUT2D eigenvalue weighted by Crippen LogP contribution is -2.01. The Hall–Kier alpha value is -3.28. The summed E-state index contributed by atoms with van der Waals surface area (Å²) in [4.78, 5) is 24.2. The molecule has 0 aliphatic carbocycles. The van der Waals surface area contributed by atoms with Gasteiger partial charge in [0, 0.05) is 6.07 Å². The summed E-state index contributed by atoms with van der Waals surface area (Å²) in [6, 6.07) is 17.0. The highest BCUT2D eigenvalue weighted by Gasteiger charge is 2.27. The Labute approximate surface area is 188 Å². The molecule has 5 nitrogen and oxygen atoms in total. The molecule has 7 heteroatoms. The molecule has 0 N–H and O–H groups in total. The van der Waals surface area contributed by atoms with E-state index < -0.39 is 5.97 Å². The van der Waals surface area contributed by atoms with Gasteiger partial charge in [-0.1, -0.05) is 41.4 Å². The molecular formula is C24H16Cl2O5. The first-order chi connectivity index (χ1) is 14.9. The van der Waals surface area contributed by atoms with Crippen molar-refractivity contribution in [3.8, 4) is 11.5 Å². The molecule has 0 unspecified atom stereocenters. The summed E-state index contributed by atoms with van der Waals surface area (Å²) in [5.74, 6) is 0.536. The zero-order chi connectivity index (χ0) is 22.0. The molecule has 0 amide bonds. The number of hydrogen-bond acceptors (Lipinski definition) is 5. The maximum Gasteiger partial charge on any atom is 0.337 e. The van der Waals surface area contributed by atoms with E-state index >= 15 is 0 Å². The van der Waals surface area contributed by atoms with Crippen molar-refractivity contribution >= 4 is 41.0 Å². The van der Waals surface area contributed by atoms with Crippen LogP contribution in [0, 0.1) is 0 Å². The molecule has 0 bridgehead atoms. The average molecular weight is 455 g/mol. The zero-order valence-corrected chi connectivity index (χ0v) is 17.9. The fraction of sp³-hybridized carbons (Fsp3) is 0.0833. The summed E-state index contributed by atoms with van der Waals surface area (Å²) in [7, 11) is 1.32. The first-order valence-corrected chi connectivity index (χ1v) is 10.0. The Morgan fingerprint density at radius 2 is 1.77 bits per heavy atom. The minimum atomic E-state index is -0.423. The second-order valence-corrected chi connectivity index (χ2v) is 7.56. The third-order valence-electron chi connectivity index (χ3n) is 4.66. The number of rotatable bonds is 5. The van der Waals surface area contributed by atoms with Gasteiger partial charge in [0.05, 0.1) is 28.3 Å². The molecule has 3 aromatic carbocycles. The van der Waals surface area contributed by atoms with Crippen LogP contribution in [0.1, 0.15) is 31.8 Å². The minimum Gasteiger partial charge on any atom is -0.489 e. The topological polar surface area (TPSA) is 61.8 Å². The second-order valence-electron chi connectivity index (χ2n) is 6.75. The number of fused-ring (bicyclic) bond motifs is 1. The third-order valence-corrected chi connectivity index (χ3v) is 5.40. The van der Waals surface area contributed by atoms with Crippen LogP contribution in [0.2, 0.25) is 10.0 Å². The van der Waals surface area contributed by atoms with Gasteiger partial charge < -0.3 is 14.2 Å². The van der Waals surface area contributed by atoms with E-state index in [-0.39, 0.29) is 11.5 Å². The number of methoxy groups -OCH3 is 1. The molecule has 0 spiro atoms. The van der Waals surface area contributed by atoms with Gasteiger partial charge in [0.15, 0.2) is 5.76 Å². The summed E-state index contributed by atoms with van der Waals surface area (Å²) in [5.41, 5.74) is 2.47. The van der Waals surface area contributed by atoms with Crippen LogP contribution in [0.25, 0.3) is 6.08 Å². The van der Waals surface area contributed by atoms with E-state index in [2.05, 4.69) is 4.74 Å². The van der Waals surface area contributed by atoms with E-state index in [4.69, 9.17) is 32.7 Å². The highest BCUT2D eigenvalue weighted by atomic mass is 35.5. The van der Waals surface area contributed by atoms with Crippen molar-refractivity contribution in [3.05, 3.63) is 98.7 Å². The van der Waals surface area contributed by atoms with Crippen molar-refractivity contribution < 1.29 is 23.8 Å². The number of Topliss-reactive ketones (excluding diaryl/α,β-unsaturated/α-hetero) is 1. The molecule has 156 valence electrons. The van der Waals surface area contributed by atoms with E-state index in [1.807, 2.05) is 6.07 Å². The summed E-state index contributed by atoms with van der Waals surface area (Å²) in [6.07, 6.45) is 1.62. The Morgan fingerprint density at radius 3 is 2.48 bits per heavy atom. The summed E-state index contributed by atoms with van der Waals surface area (Å²) in [5, 5.41) is 0.939. The van der Waals surface area contributed by atoms with Gasteiger partial charge in [0.25, 0.3) is 0 Å². The molecular weight excluding hydrogens is 439 g/mol. The van der Waals surface area contributed by atoms with Crippen LogP contribution in [-0.2, 0) is 11.3 Å². The van der Waals surface area contributed by atoms with Crippen molar-refractivity contribution in [3.63, 3.8) is 0 Å². The van der Waals surface area contributed by atoms with Gasteiger partial charge in [-0.05, 0) is 53.6 Å². The summed E-state index contributed by atoms with van der Waals surface area (Å²) >= 11 is 12.0. The molecule has 31 heavy (non-hydrogen) atoms. The molecule has 4 rings (SSSR count). The van der Waals surface area contributed by atoms with E-state index in [9.17, 15) is 9.59 Å². The average Bonchev–Trinajstić information content (AvgIpc) is 3.09. The maximum atomic E-state index is 12.6. The van der Waals surface area contributed by atoms with Crippen LogP contribution in [0.15, 0.2) is 66.4 Å². The lowest BCUT2D eigenvalue weighted by molar-refractivity contribution is 0.0600. The number of ketones is 1. The van der Waals surface area contributed by atoms with Gasteiger partial charge in [-0.25, -0.2) is 4.79 Å². The number of halogens is 2. The Balaban J connectivity index is 1.48. The Kier molecular flexibility index (Phi) is 5.98. The third kappa shape index (κ3) is 4.58. The molecule has 0 fully saturated rings. The van der Waals surface area contributed by atoms with Gasteiger partial charge in [-0.2, -0.15) is 0 Å². The quantitative estimate of drug-likeness (QED) is 0.350. The highest BCUT2D eigenvalue weighted by molar-refractivity contribution is 6.42. The lowest BCUT2D eigenvalue weighted by atomic mass is 10.1. The smallest absolute Gasteiger partial charge is 0.337 e. The first-order valence-electron chi connectivity index (χ1n) is 9.28. The van der Waals surface area contributed by atoms with Crippen molar-refractivity contribution in [2.45, 2.75) is 6.61 Å². The van der Waals surface area contributed by atoms with Crippen LogP contribution in [0.4, 0.5) is 0 Å². The number of ether oxygens (including phenoxy) is 3. The first kappa shape index (κ1) is 21.0. The standard InChI is InChI=1S/C24H16Cl2O5/c1-29-24(28)16-5-2-14(3-6-16)11-22-23(27)18-8-7-17(12-21(18)31-22)30-13-15-4-9-19(25)20(26)10-15/h2-12H,13H2,1H3/b22-11-. The van der Waals surface area contributed by atoms with Crippen molar-refractivity contribution in [2.75, 3.05) is 7.11 Å². The van der Waals surface area contributed by atoms with Crippen LogP contribution in [0.5, 0.6) is 11.5 Å². The van der Waals surface area contributed by atoms with Gasteiger partial charge in [-0.3, -0.25) is 4.79 Å². The van der Waals surface area contributed by atoms with Crippen LogP contribution in [0.3, 0.4) is 0 Å². The number of allylic oxidation sites excluding steroid dienone is 1. The van der Waals surface area contributed by atoms with E-state index in [1.165, 1.54) is 7.11 Å². The lowest BCUT2D eigenvalue weighted by Gasteiger charge is -2.08. The molecule has 0 saturated heterocycles. The van der Waals surface area contributed by atoms with Gasteiger partial charge >= 0.3 is 5.97 Å². The van der Waals surface area contributed by atoms with Crippen LogP contribution in [-0.4, -0.2) is 18.9 Å². The van der Waals surface area contributed by atoms with Crippen LogP contribution < -0.4 is 9.47 Å². The van der Waals surface area contributed by atoms with E-state index in [1.54, 1.807) is 60.7 Å². The second kappa shape index (κ2) is 8.84. The fourth-order valence-corrected chi connectivity index (χ4v) is 3.36. The molecule has 1 aliphatic heterocycles. The van der Waals surface area contributed by atoms with Crippen molar-refractivity contribution in [2.24, 2.45) is 0 Å². The predicted molar refractivity (Wildman–Crippen MR) is 118 cm³/mol. The van der Waals surface area contributed by atoms with E-state index in [0.29, 0.717) is 39.3 Å².